The summed E-state index contributed by atoms with van der Waals surface area (Å²) in [5.74, 6) is -0.554. The van der Waals surface area contributed by atoms with Crippen LogP contribution in [0.1, 0.15) is 54.1 Å². The first kappa shape index (κ1) is 17.1. The SMILES string of the molecule is C=C1C=C(C)C2=C(N1)C(=O)c1c(c(C)cc(=O)n1CC(C)(C)C)C2=O. The third-order valence-corrected chi connectivity index (χ3v) is 4.36. The highest BCUT2D eigenvalue weighted by atomic mass is 16.1. The minimum atomic E-state index is -0.330. The average molecular weight is 338 g/mol. The summed E-state index contributed by atoms with van der Waals surface area (Å²) in [5.41, 5.74) is 2.40. The van der Waals surface area contributed by atoms with Crippen LogP contribution < -0.4 is 10.9 Å². The van der Waals surface area contributed by atoms with Crippen molar-refractivity contribution >= 4 is 11.6 Å². The minimum Gasteiger partial charge on any atom is -0.352 e. The van der Waals surface area contributed by atoms with Crippen molar-refractivity contribution in [1.82, 2.24) is 9.88 Å². The number of rotatable bonds is 1. The van der Waals surface area contributed by atoms with E-state index in [0.29, 0.717) is 34.5 Å². The van der Waals surface area contributed by atoms with Gasteiger partial charge in [0.1, 0.15) is 11.4 Å². The summed E-state index contributed by atoms with van der Waals surface area (Å²) in [5, 5.41) is 2.92. The van der Waals surface area contributed by atoms with Crippen LogP contribution in [0.25, 0.3) is 0 Å². The zero-order chi connectivity index (χ0) is 18.7. The van der Waals surface area contributed by atoms with Gasteiger partial charge >= 0.3 is 0 Å². The van der Waals surface area contributed by atoms with Crippen LogP contribution in [0.2, 0.25) is 0 Å². The second-order valence-electron chi connectivity index (χ2n) is 7.92. The van der Waals surface area contributed by atoms with Gasteiger partial charge in [-0.1, -0.05) is 27.4 Å². The fourth-order valence-electron chi connectivity index (χ4n) is 3.42. The molecular formula is C20H22N2O3. The van der Waals surface area contributed by atoms with E-state index in [2.05, 4.69) is 11.9 Å². The van der Waals surface area contributed by atoms with Crippen LogP contribution in [0.4, 0.5) is 0 Å². The first-order chi connectivity index (χ1) is 11.5. The van der Waals surface area contributed by atoms with Crippen molar-refractivity contribution in [1.29, 1.82) is 0 Å². The van der Waals surface area contributed by atoms with Crippen molar-refractivity contribution in [2.24, 2.45) is 5.41 Å². The number of carbonyl (C=O) groups is 2. The zero-order valence-electron chi connectivity index (χ0n) is 15.2. The van der Waals surface area contributed by atoms with Crippen molar-refractivity contribution in [2.75, 3.05) is 0 Å². The highest BCUT2D eigenvalue weighted by Crippen LogP contribution is 2.34. The molecule has 0 atom stereocenters. The fraction of sp³-hybridized carbons (Fsp3) is 0.350. The molecule has 0 saturated carbocycles. The second kappa shape index (κ2) is 5.41. The van der Waals surface area contributed by atoms with E-state index in [4.69, 9.17) is 0 Å². The molecule has 0 fully saturated rings. The van der Waals surface area contributed by atoms with E-state index >= 15 is 0 Å². The molecule has 0 bridgehead atoms. The number of Topliss-reactive ketones (excluding diaryl/α,β-unsaturated/α-hetero) is 2. The number of hydrogen-bond acceptors (Lipinski definition) is 4. The predicted molar refractivity (Wildman–Crippen MR) is 96.6 cm³/mol. The smallest absolute Gasteiger partial charge is 0.251 e. The number of aromatic nitrogens is 1. The quantitative estimate of drug-likeness (QED) is 0.855. The molecule has 0 amide bonds. The van der Waals surface area contributed by atoms with Crippen molar-refractivity contribution in [2.45, 2.75) is 41.2 Å². The number of fused-ring (bicyclic) bond motifs is 1. The number of pyridine rings is 1. The molecule has 2 heterocycles. The lowest BCUT2D eigenvalue weighted by Crippen LogP contribution is -2.40. The summed E-state index contributed by atoms with van der Waals surface area (Å²) in [6.07, 6.45) is 1.75. The Balaban J connectivity index is 2.33. The predicted octanol–water partition coefficient (Wildman–Crippen LogP) is 2.90. The van der Waals surface area contributed by atoms with Gasteiger partial charge in [0.25, 0.3) is 5.56 Å². The molecule has 1 aromatic heterocycles. The molecule has 25 heavy (non-hydrogen) atoms. The lowest BCUT2D eigenvalue weighted by Gasteiger charge is -2.30. The van der Waals surface area contributed by atoms with Crippen molar-refractivity contribution in [3.8, 4) is 0 Å². The molecule has 130 valence electrons. The van der Waals surface area contributed by atoms with E-state index in [9.17, 15) is 14.4 Å². The Hall–Kier alpha value is -2.69. The average Bonchev–Trinajstić information content (AvgIpc) is 2.45. The number of carbonyl (C=O) groups excluding carboxylic acids is 2. The summed E-state index contributed by atoms with van der Waals surface area (Å²) in [6.45, 7) is 13.6. The van der Waals surface area contributed by atoms with Crippen LogP contribution in [0.3, 0.4) is 0 Å². The van der Waals surface area contributed by atoms with Crippen LogP contribution >= 0.6 is 0 Å². The number of nitrogens with one attached hydrogen (secondary N) is 1. The van der Waals surface area contributed by atoms with Gasteiger partial charge in [-0.25, -0.2) is 0 Å². The van der Waals surface area contributed by atoms with Gasteiger partial charge in [0.2, 0.25) is 5.78 Å². The second-order valence-corrected chi connectivity index (χ2v) is 7.92. The largest absolute Gasteiger partial charge is 0.352 e. The molecule has 0 saturated heterocycles. The van der Waals surface area contributed by atoms with Gasteiger partial charge in [0, 0.05) is 18.3 Å². The molecular weight excluding hydrogens is 316 g/mol. The molecule has 5 nitrogen and oxygen atoms in total. The van der Waals surface area contributed by atoms with E-state index in [1.807, 2.05) is 20.8 Å². The Morgan fingerprint density at radius 1 is 1.12 bits per heavy atom. The van der Waals surface area contributed by atoms with E-state index in [1.54, 1.807) is 19.9 Å². The Labute approximate surface area is 146 Å². The first-order valence-electron chi connectivity index (χ1n) is 8.24. The summed E-state index contributed by atoms with van der Waals surface area (Å²) >= 11 is 0. The minimum absolute atomic E-state index is 0.179. The van der Waals surface area contributed by atoms with Crippen LogP contribution in [-0.2, 0) is 6.54 Å². The van der Waals surface area contributed by atoms with Crippen molar-refractivity contribution in [3.63, 3.8) is 0 Å². The highest BCUT2D eigenvalue weighted by Gasteiger charge is 2.38. The van der Waals surface area contributed by atoms with Gasteiger partial charge in [-0.3, -0.25) is 14.4 Å². The van der Waals surface area contributed by atoms with Crippen LogP contribution in [0, 0.1) is 12.3 Å². The third-order valence-electron chi connectivity index (χ3n) is 4.36. The van der Waals surface area contributed by atoms with E-state index in [-0.39, 0.29) is 33.9 Å². The molecule has 1 N–H and O–H groups in total. The lowest BCUT2D eigenvalue weighted by molar-refractivity contribution is 0.0959. The maximum Gasteiger partial charge on any atom is 0.251 e. The highest BCUT2D eigenvalue weighted by molar-refractivity contribution is 6.28. The van der Waals surface area contributed by atoms with Gasteiger partial charge in [0.05, 0.1) is 11.1 Å². The van der Waals surface area contributed by atoms with Gasteiger partial charge in [-0.2, -0.15) is 0 Å². The molecule has 1 aliphatic carbocycles. The molecule has 0 unspecified atom stereocenters. The zero-order valence-corrected chi connectivity index (χ0v) is 15.2. The summed E-state index contributed by atoms with van der Waals surface area (Å²) in [7, 11) is 0. The molecule has 3 rings (SSSR count). The fourth-order valence-corrected chi connectivity index (χ4v) is 3.42. The number of ketones is 2. The third kappa shape index (κ3) is 2.69. The number of hydrogen-bond donors (Lipinski definition) is 1. The van der Waals surface area contributed by atoms with Crippen LogP contribution in [0.15, 0.2) is 46.1 Å². The number of aryl methyl sites for hydroxylation is 1. The van der Waals surface area contributed by atoms with Gasteiger partial charge < -0.3 is 9.88 Å². The maximum absolute atomic E-state index is 13.2. The summed E-state index contributed by atoms with van der Waals surface area (Å²) in [4.78, 5) is 38.9. The lowest BCUT2D eigenvalue weighted by atomic mass is 9.82. The number of allylic oxidation sites excluding steroid dienone is 4. The summed E-state index contributed by atoms with van der Waals surface area (Å²) < 4.78 is 1.43. The molecule has 0 radical (unpaired) electrons. The monoisotopic (exact) mass is 338 g/mol. The maximum atomic E-state index is 13.2. The van der Waals surface area contributed by atoms with E-state index in [0.717, 1.165) is 0 Å². The first-order valence-corrected chi connectivity index (χ1v) is 8.24. The van der Waals surface area contributed by atoms with E-state index in [1.165, 1.54) is 10.6 Å². The van der Waals surface area contributed by atoms with Crippen molar-refractivity contribution in [3.05, 3.63) is 68.4 Å². The Kier molecular flexibility index (Phi) is 3.71. The van der Waals surface area contributed by atoms with E-state index < -0.39 is 0 Å². The van der Waals surface area contributed by atoms with Crippen molar-refractivity contribution < 1.29 is 9.59 Å². The van der Waals surface area contributed by atoms with Crippen LogP contribution in [-0.4, -0.2) is 16.1 Å². The van der Waals surface area contributed by atoms with Gasteiger partial charge in [-0.15, -0.1) is 0 Å². The number of nitrogens with zero attached hydrogens (tertiary/aromatic N) is 1. The van der Waals surface area contributed by atoms with Crippen LogP contribution in [0.5, 0.6) is 0 Å². The normalized spacial score (nSPS) is 17.2. The molecule has 0 spiro atoms. The molecule has 2 aliphatic rings. The molecule has 0 aromatic carbocycles. The Morgan fingerprint density at radius 2 is 1.76 bits per heavy atom. The molecule has 1 aliphatic heterocycles. The Morgan fingerprint density at radius 3 is 2.36 bits per heavy atom. The molecule has 1 aromatic rings. The van der Waals surface area contributed by atoms with Gasteiger partial charge in [-0.05, 0) is 36.5 Å². The number of dihydropyridines is 1. The molecule has 5 heteroatoms. The standard InChI is InChI=1S/C20H22N2O3/c1-10-7-12(3)21-16-14(10)18(24)15-11(2)8-13(23)22(9-20(4,5)6)17(15)19(16)25/h7-8,21H,3,9H2,1-2,4-6H3. The van der Waals surface area contributed by atoms with Gasteiger partial charge in [0.15, 0.2) is 5.78 Å². The summed E-state index contributed by atoms with van der Waals surface area (Å²) in [6, 6.07) is 1.44. The topological polar surface area (TPSA) is 68.2 Å². The Bertz CT molecular complexity index is 966.